The smallest absolute Gasteiger partial charge is 0.406 e. The highest BCUT2D eigenvalue weighted by Crippen LogP contribution is 2.37. The quantitative estimate of drug-likeness (QED) is 0.593. The minimum Gasteiger partial charge on any atom is -0.406 e. The highest BCUT2D eigenvalue weighted by atomic mass is 32.2. The number of hydrogen-bond acceptors (Lipinski definition) is 8. The molecule has 1 aromatic carbocycles. The minimum atomic E-state index is -4.79. The number of likely N-dealkylation sites (tertiary alicyclic amines) is 1. The van der Waals surface area contributed by atoms with E-state index < -0.39 is 16.2 Å². The molecule has 35 heavy (non-hydrogen) atoms. The maximum absolute atomic E-state index is 13.2. The van der Waals surface area contributed by atoms with E-state index >= 15 is 0 Å². The molecule has 10 nitrogen and oxygen atoms in total. The summed E-state index contributed by atoms with van der Waals surface area (Å²) in [5.41, 5.74) is 0.722. The second kappa shape index (κ2) is 10.0. The lowest BCUT2D eigenvalue weighted by Crippen LogP contribution is -2.52. The molecule has 192 valence electrons. The van der Waals surface area contributed by atoms with Gasteiger partial charge in [0.1, 0.15) is 11.5 Å². The second-order valence-electron chi connectivity index (χ2n) is 8.65. The number of nitrogens with zero attached hydrogens (tertiary/aromatic N) is 4. The molecule has 0 saturated carbocycles. The van der Waals surface area contributed by atoms with E-state index in [9.17, 15) is 26.4 Å². The maximum Gasteiger partial charge on any atom is 0.573 e. The van der Waals surface area contributed by atoms with Crippen molar-refractivity contribution in [1.82, 2.24) is 19.9 Å². The van der Waals surface area contributed by atoms with Crippen molar-refractivity contribution >= 4 is 15.9 Å². The van der Waals surface area contributed by atoms with Crippen LogP contribution in [0.15, 0.2) is 28.8 Å². The first-order valence-corrected chi connectivity index (χ1v) is 13.0. The van der Waals surface area contributed by atoms with Crippen LogP contribution in [-0.4, -0.2) is 86.4 Å². The van der Waals surface area contributed by atoms with Gasteiger partial charge in [-0.1, -0.05) is 17.3 Å². The average molecular weight is 519 g/mol. The molecule has 2 atom stereocenters. The van der Waals surface area contributed by atoms with Crippen LogP contribution in [0.2, 0.25) is 0 Å². The monoisotopic (exact) mass is 518 g/mol. The van der Waals surface area contributed by atoms with Crippen LogP contribution in [0, 0.1) is 0 Å². The molecule has 2 aromatic rings. The third-order valence-electron chi connectivity index (χ3n) is 5.81. The predicted molar refractivity (Wildman–Crippen MR) is 115 cm³/mol. The van der Waals surface area contributed by atoms with Crippen LogP contribution < -0.4 is 4.74 Å². The molecular weight excluding hydrogens is 493 g/mol. The lowest BCUT2D eigenvalue weighted by Gasteiger charge is -2.40. The van der Waals surface area contributed by atoms with Crippen molar-refractivity contribution in [2.75, 3.05) is 45.6 Å². The number of rotatable bonds is 5. The van der Waals surface area contributed by atoms with Crippen LogP contribution in [0.5, 0.6) is 5.75 Å². The Labute approximate surface area is 199 Å². The zero-order valence-corrected chi connectivity index (χ0v) is 19.7. The Morgan fingerprint density at radius 1 is 1.11 bits per heavy atom. The molecule has 3 heterocycles. The van der Waals surface area contributed by atoms with E-state index in [1.165, 1.54) is 24.3 Å². The molecule has 1 aromatic heterocycles. The van der Waals surface area contributed by atoms with Crippen molar-refractivity contribution in [3.05, 3.63) is 41.5 Å². The molecule has 2 amide bonds. The summed E-state index contributed by atoms with van der Waals surface area (Å²) >= 11 is 0. The van der Waals surface area contributed by atoms with E-state index in [4.69, 9.17) is 9.26 Å². The van der Waals surface area contributed by atoms with Crippen LogP contribution in [-0.2, 0) is 20.3 Å². The number of aromatic nitrogens is 2. The summed E-state index contributed by atoms with van der Waals surface area (Å²) in [5.74, 6) is -1.08. The number of amides is 2. The molecule has 4 rings (SSSR count). The van der Waals surface area contributed by atoms with E-state index in [0.29, 0.717) is 39.3 Å². The number of halogens is 3. The highest BCUT2D eigenvalue weighted by Gasteiger charge is 2.37. The van der Waals surface area contributed by atoms with Gasteiger partial charge in [-0.15, -0.1) is 13.2 Å². The van der Waals surface area contributed by atoms with Crippen molar-refractivity contribution in [3.8, 4) is 5.75 Å². The summed E-state index contributed by atoms with van der Waals surface area (Å²) in [6, 6.07) is 5.36. The molecular formula is C21H25F3N4O6S. The average Bonchev–Trinajstić information content (AvgIpc) is 3.25. The second-order valence-corrected chi connectivity index (χ2v) is 10.8. The summed E-state index contributed by atoms with van der Waals surface area (Å²) in [5, 5.41) is 3.76. The zero-order chi connectivity index (χ0) is 25.2. The molecule has 2 unspecified atom stereocenters. The van der Waals surface area contributed by atoms with E-state index in [0.717, 1.165) is 11.8 Å². The van der Waals surface area contributed by atoms with Crippen LogP contribution in [0.1, 0.15) is 35.5 Å². The first kappa shape index (κ1) is 25.2. The SMILES string of the molecule is CS(=O)(=O)Cc1noc(C2CC(c3ccc(OC(F)(F)F)cc3)CN(C(=O)N3CCOCC3)C2)n1. The Bertz CT molecular complexity index is 1130. The van der Waals surface area contributed by atoms with Gasteiger partial charge in [-0.3, -0.25) is 0 Å². The molecule has 0 aliphatic carbocycles. The lowest BCUT2D eigenvalue weighted by atomic mass is 9.84. The number of carbonyl (C=O) groups is 1. The molecule has 2 aliphatic heterocycles. The zero-order valence-electron chi connectivity index (χ0n) is 18.9. The topological polar surface area (TPSA) is 115 Å². The molecule has 0 N–H and O–H groups in total. The standard InChI is InChI=1S/C21H25F3N4O6S/c1-35(30,31)13-18-25-19(34-26-18)16-10-15(14-2-4-17(5-3-14)33-21(22,23)24)11-28(12-16)20(29)27-6-8-32-9-7-27/h2-5,15-16H,6-13H2,1H3. The van der Waals surface area contributed by atoms with Gasteiger partial charge in [0.05, 0.1) is 19.1 Å². The number of hydrogen-bond donors (Lipinski definition) is 0. The number of carbonyl (C=O) groups excluding carboxylic acids is 1. The Hall–Kier alpha value is -2.87. The minimum absolute atomic E-state index is 0.0318. The molecule has 2 aliphatic rings. The first-order chi connectivity index (χ1) is 16.5. The Morgan fingerprint density at radius 2 is 1.77 bits per heavy atom. The van der Waals surface area contributed by atoms with Gasteiger partial charge in [-0.05, 0) is 24.1 Å². The summed E-state index contributed by atoms with van der Waals surface area (Å²) in [6.45, 7) is 2.40. The van der Waals surface area contributed by atoms with E-state index in [-0.39, 0.29) is 47.6 Å². The molecule has 0 bridgehead atoms. The van der Waals surface area contributed by atoms with E-state index in [2.05, 4.69) is 14.9 Å². The van der Waals surface area contributed by atoms with Crippen LogP contribution in [0.3, 0.4) is 0 Å². The van der Waals surface area contributed by atoms with Gasteiger partial charge in [-0.25, -0.2) is 13.2 Å². The van der Waals surface area contributed by atoms with Gasteiger partial charge in [0.2, 0.25) is 5.89 Å². The third-order valence-corrected chi connectivity index (χ3v) is 6.59. The van der Waals surface area contributed by atoms with Crippen molar-refractivity contribution in [2.24, 2.45) is 0 Å². The Balaban J connectivity index is 1.56. The fraction of sp³-hybridized carbons (Fsp3) is 0.571. The normalized spacial score (nSPS) is 21.7. The molecule has 2 saturated heterocycles. The van der Waals surface area contributed by atoms with Crippen LogP contribution >= 0.6 is 0 Å². The Kier molecular flexibility index (Phi) is 7.22. The maximum atomic E-state index is 13.2. The first-order valence-electron chi connectivity index (χ1n) is 10.9. The Morgan fingerprint density at radius 3 is 2.40 bits per heavy atom. The van der Waals surface area contributed by atoms with Crippen LogP contribution in [0.4, 0.5) is 18.0 Å². The van der Waals surface area contributed by atoms with Crippen molar-refractivity contribution in [3.63, 3.8) is 0 Å². The third kappa shape index (κ3) is 6.84. The molecule has 0 radical (unpaired) electrons. The number of piperidine rings is 1. The van der Waals surface area contributed by atoms with Gasteiger partial charge < -0.3 is 23.8 Å². The predicted octanol–water partition coefficient (Wildman–Crippen LogP) is 2.54. The van der Waals surface area contributed by atoms with Crippen molar-refractivity contribution < 1.29 is 40.4 Å². The molecule has 14 heteroatoms. The number of ether oxygens (including phenoxy) is 2. The van der Waals surface area contributed by atoms with Gasteiger partial charge in [-0.2, -0.15) is 4.98 Å². The summed E-state index contributed by atoms with van der Waals surface area (Å²) in [7, 11) is -3.36. The van der Waals surface area contributed by atoms with Crippen molar-refractivity contribution in [1.29, 1.82) is 0 Å². The number of urea groups is 1. The van der Waals surface area contributed by atoms with E-state index in [1.807, 2.05) is 0 Å². The summed E-state index contributed by atoms with van der Waals surface area (Å²) < 4.78 is 75.3. The largest absolute Gasteiger partial charge is 0.573 e. The fourth-order valence-electron chi connectivity index (χ4n) is 4.30. The van der Waals surface area contributed by atoms with Crippen molar-refractivity contribution in [2.45, 2.75) is 30.4 Å². The molecule has 0 spiro atoms. The highest BCUT2D eigenvalue weighted by molar-refractivity contribution is 7.89. The number of alkyl halides is 3. The van der Waals surface area contributed by atoms with Gasteiger partial charge in [0.15, 0.2) is 15.7 Å². The summed E-state index contributed by atoms with van der Waals surface area (Å²) in [6.07, 6.45) is -3.25. The number of morpholine rings is 1. The fourth-order valence-corrected chi connectivity index (χ4v) is 4.88. The lowest BCUT2D eigenvalue weighted by molar-refractivity contribution is -0.274. The van der Waals surface area contributed by atoms with E-state index in [1.54, 1.807) is 9.80 Å². The number of sulfone groups is 1. The van der Waals surface area contributed by atoms with Gasteiger partial charge in [0, 0.05) is 38.4 Å². The van der Waals surface area contributed by atoms with Crippen LogP contribution in [0.25, 0.3) is 0 Å². The van der Waals surface area contributed by atoms with Gasteiger partial charge >= 0.3 is 12.4 Å². The van der Waals surface area contributed by atoms with Gasteiger partial charge in [0.25, 0.3) is 0 Å². The summed E-state index contributed by atoms with van der Waals surface area (Å²) in [4.78, 5) is 20.8. The molecule has 2 fully saturated rings. The number of benzene rings is 1.